The highest BCUT2D eigenvalue weighted by atomic mass is 32.2. The van der Waals surface area contributed by atoms with Gasteiger partial charge in [-0.15, -0.1) is 11.8 Å². The van der Waals surface area contributed by atoms with Gasteiger partial charge < -0.3 is 5.11 Å². The smallest absolute Gasteiger partial charge is 0.129 e. The first-order chi connectivity index (χ1) is 12.6. The second-order valence-corrected chi connectivity index (χ2v) is 7.83. The zero-order valence-corrected chi connectivity index (χ0v) is 15.2. The molecular weight excluding hydrogens is 372 g/mol. The van der Waals surface area contributed by atoms with E-state index in [0.717, 1.165) is 22.1 Å². The summed E-state index contributed by atoms with van der Waals surface area (Å²) in [4.78, 5) is 5.04. The molecule has 0 radical (unpaired) electrons. The van der Waals surface area contributed by atoms with Crippen molar-refractivity contribution < 1.29 is 13.9 Å². The number of benzene rings is 1. The molecule has 6 heteroatoms. The molecule has 2 aromatic heterocycles. The number of nitrogens with zero attached hydrogens (tertiary/aromatic N) is 1. The first-order valence-electron chi connectivity index (χ1n) is 8.07. The molecular formula is C20H15F2NOS2. The van der Waals surface area contributed by atoms with Crippen LogP contribution in [-0.2, 0) is 0 Å². The third-order valence-corrected chi connectivity index (χ3v) is 6.39. The summed E-state index contributed by atoms with van der Waals surface area (Å²) in [6.45, 7) is 0. The molecule has 0 saturated heterocycles. The van der Waals surface area contributed by atoms with Gasteiger partial charge in [0.2, 0.25) is 0 Å². The van der Waals surface area contributed by atoms with Gasteiger partial charge in [0.1, 0.15) is 17.7 Å². The molecule has 132 valence electrons. The van der Waals surface area contributed by atoms with Gasteiger partial charge in [-0.2, -0.15) is 11.3 Å². The number of thiophene rings is 1. The Morgan fingerprint density at radius 2 is 2.08 bits per heavy atom. The summed E-state index contributed by atoms with van der Waals surface area (Å²) in [5.74, 6) is -0.919. The van der Waals surface area contributed by atoms with Gasteiger partial charge in [-0.25, -0.2) is 8.78 Å². The topological polar surface area (TPSA) is 33.1 Å². The third-order valence-electron chi connectivity index (χ3n) is 4.45. The molecule has 0 amide bonds. The van der Waals surface area contributed by atoms with Crippen LogP contribution in [0.25, 0.3) is 4.91 Å². The van der Waals surface area contributed by atoms with Gasteiger partial charge in [0, 0.05) is 40.6 Å². The Morgan fingerprint density at radius 1 is 1.19 bits per heavy atom. The Morgan fingerprint density at radius 3 is 2.77 bits per heavy atom. The monoisotopic (exact) mass is 387 g/mol. The van der Waals surface area contributed by atoms with E-state index in [4.69, 9.17) is 0 Å². The molecule has 4 rings (SSSR count). The van der Waals surface area contributed by atoms with Crippen molar-refractivity contribution in [2.75, 3.05) is 5.75 Å². The largest absolute Gasteiger partial charge is 0.384 e. The number of aromatic nitrogens is 1. The highest BCUT2D eigenvalue weighted by molar-refractivity contribution is 8.08. The highest BCUT2D eigenvalue weighted by Crippen LogP contribution is 2.52. The molecule has 0 bridgehead atoms. The molecule has 1 N–H and O–H groups in total. The van der Waals surface area contributed by atoms with Crippen molar-refractivity contribution in [1.29, 1.82) is 0 Å². The molecule has 3 heterocycles. The van der Waals surface area contributed by atoms with E-state index in [9.17, 15) is 13.9 Å². The van der Waals surface area contributed by atoms with Gasteiger partial charge in [-0.3, -0.25) is 4.98 Å². The first kappa shape index (κ1) is 17.4. The average Bonchev–Trinajstić information content (AvgIpc) is 3.31. The predicted octanol–water partition coefficient (Wildman–Crippen LogP) is 5.40. The van der Waals surface area contributed by atoms with Crippen molar-refractivity contribution in [2.45, 2.75) is 12.0 Å². The van der Waals surface area contributed by atoms with Crippen LogP contribution in [0.4, 0.5) is 8.78 Å². The maximum Gasteiger partial charge on any atom is 0.129 e. The van der Waals surface area contributed by atoms with Crippen molar-refractivity contribution >= 4 is 28.0 Å². The van der Waals surface area contributed by atoms with Gasteiger partial charge >= 0.3 is 0 Å². The van der Waals surface area contributed by atoms with Gasteiger partial charge in [-0.1, -0.05) is 12.1 Å². The van der Waals surface area contributed by atoms with Crippen LogP contribution in [0.3, 0.4) is 0 Å². The first-order valence-corrected chi connectivity index (χ1v) is 10.0. The zero-order chi connectivity index (χ0) is 18.1. The molecule has 2 nitrogen and oxygen atoms in total. The van der Waals surface area contributed by atoms with Crippen molar-refractivity contribution in [1.82, 2.24) is 4.98 Å². The van der Waals surface area contributed by atoms with E-state index in [1.807, 2.05) is 16.8 Å². The van der Waals surface area contributed by atoms with Gasteiger partial charge in [0.25, 0.3) is 0 Å². The van der Waals surface area contributed by atoms with Crippen molar-refractivity contribution in [3.63, 3.8) is 0 Å². The van der Waals surface area contributed by atoms with Gasteiger partial charge in [-0.05, 0) is 45.7 Å². The lowest BCUT2D eigenvalue weighted by atomic mass is 9.86. The molecule has 0 fully saturated rings. The molecule has 1 aliphatic heterocycles. The fourth-order valence-corrected chi connectivity index (χ4v) is 5.34. The normalized spacial score (nSPS) is 18.3. The second kappa shape index (κ2) is 7.31. The fraction of sp³-hybridized carbons (Fsp3) is 0.150. The van der Waals surface area contributed by atoms with Crippen LogP contribution < -0.4 is 0 Å². The number of hydrogen-bond donors (Lipinski definition) is 1. The van der Waals surface area contributed by atoms with Gasteiger partial charge in [0.05, 0.1) is 0 Å². The average molecular weight is 387 g/mol. The number of aliphatic hydroxyl groups is 1. The molecule has 2 atom stereocenters. The molecule has 0 spiro atoms. The summed E-state index contributed by atoms with van der Waals surface area (Å²) in [5.41, 5.74) is 2.82. The third kappa shape index (κ3) is 3.20. The molecule has 26 heavy (non-hydrogen) atoms. The fourth-order valence-electron chi connectivity index (χ4n) is 3.22. The molecule has 1 aromatic carbocycles. The van der Waals surface area contributed by atoms with E-state index in [1.165, 1.54) is 12.1 Å². The number of rotatable bonds is 4. The minimum Gasteiger partial charge on any atom is -0.384 e. The number of aliphatic hydroxyl groups excluding tert-OH is 1. The van der Waals surface area contributed by atoms with Gasteiger partial charge in [0.15, 0.2) is 0 Å². The summed E-state index contributed by atoms with van der Waals surface area (Å²) in [7, 11) is 0. The molecule has 2 unspecified atom stereocenters. The Balaban J connectivity index is 1.84. The lowest BCUT2D eigenvalue weighted by Gasteiger charge is -2.21. The summed E-state index contributed by atoms with van der Waals surface area (Å²) in [6, 6.07) is 9.20. The molecule has 3 aromatic rings. The summed E-state index contributed by atoms with van der Waals surface area (Å²) in [6.07, 6.45) is 2.36. The quantitative estimate of drug-likeness (QED) is 0.651. The lowest BCUT2D eigenvalue weighted by Crippen LogP contribution is -2.12. The lowest BCUT2D eigenvalue weighted by molar-refractivity contribution is 0.210. The van der Waals surface area contributed by atoms with Crippen molar-refractivity contribution in [3.05, 3.63) is 93.4 Å². The minimum atomic E-state index is -0.900. The molecule has 0 aliphatic carbocycles. The number of hydrogen-bond acceptors (Lipinski definition) is 4. The van der Waals surface area contributed by atoms with Crippen molar-refractivity contribution in [3.8, 4) is 0 Å². The van der Waals surface area contributed by atoms with E-state index < -0.39 is 17.7 Å². The van der Waals surface area contributed by atoms with E-state index in [1.54, 1.807) is 47.6 Å². The van der Waals surface area contributed by atoms with E-state index in [0.29, 0.717) is 16.9 Å². The van der Waals surface area contributed by atoms with Crippen LogP contribution in [0.5, 0.6) is 0 Å². The van der Waals surface area contributed by atoms with E-state index >= 15 is 0 Å². The van der Waals surface area contributed by atoms with Crippen LogP contribution >= 0.6 is 23.1 Å². The zero-order valence-electron chi connectivity index (χ0n) is 13.6. The maximum absolute atomic E-state index is 14.4. The van der Waals surface area contributed by atoms with Crippen LogP contribution in [0.15, 0.2) is 65.1 Å². The SMILES string of the molecule is OC(C1=C(c2ccsc2)SCC1c1ccc(F)cc1F)c1cccnc1. The summed E-state index contributed by atoms with van der Waals surface area (Å²) < 4.78 is 27.8. The highest BCUT2D eigenvalue weighted by Gasteiger charge is 2.35. The van der Waals surface area contributed by atoms with E-state index in [2.05, 4.69) is 4.98 Å². The summed E-state index contributed by atoms with van der Waals surface area (Å²) >= 11 is 3.17. The second-order valence-electron chi connectivity index (χ2n) is 6.01. The van der Waals surface area contributed by atoms with Crippen LogP contribution in [0.2, 0.25) is 0 Å². The van der Waals surface area contributed by atoms with Crippen molar-refractivity contribution in [2.24, 2.45) is 0 Å². The Hall–Kier alpha value is -2.02. The van der Waals surface area contributed by atoms with E-state index in [-0.39, 0.29) is 5.92 Å². The minimum absolute atomic E-state index is 0.328. The standard InChI is InChI=1S/C20H15F2NOS2/c21-14-3-4-15(17(22)8-14)16-11-26-20(13-5-7-25-10-13)18(16)19(24)12-2-1-6-23-9-12/h1-10,16,19,24H,11H2. The maximum atomic E-state index is 14.4. The van der Waals surface area contributed by atoms with Crippen LogP contribution in [0, 0.1) is 11.6 Å². The Kier molecular flexibility index (Phi) is 4.89. The predicted molar refractivity (Wildman–Crippen MR) is 102 cm³/mol. The van der Waals surface area contributed by atoms with Crippen LogP contribution in [-0.4, -0.2) is 15.8 Å². The van der Waals surface area contributed by atoms with Crippen LogP contribution in [0.1, 0.15) is 28.7 Å². The number of thioether (sulfide) groups is 1. The number of pyridine rings is 1. The Bertz CT molecular complexity index is 942. The number of halogens is 2. The Labute approximate surface area is 158 Å². The molecule has 0 saturated carbocycles. The molecule has 1 aliphatic rings. The summed E-state index contributed by atoms with van der Waals surface area (Å²) in [5, 5.41) is 15.1.